The summed E-state index contributed by atoms with van der Waals surface area (Å²) in [6.45, 7) is 3.66. The van der Waals surface area contributed by atoms with E-state index < -0.39 is 0 Å². The first-order chi connectivity index (χ1) is 12.1. The van der Waals surface area contributed by atoms with E-state index in [2.05, 4.69) is 9.88 Å². The maximum absolute atomic E-state index is 12.5. The molecule has 5 nitrogen and oxygen atoms in total. The van der Waals surface area contributed by atoms with Crippen LogP contribution in [-0.2, 0) is 6.54 Å². The second-order valence-electron chi connectivity index (χ2n) is 5.89. The number of ether oxygens (including phenoxy) is 1. The van der Waals surface area contributed by atoms with Crippen LogP contribution in [0.4, 0.5) is 0 Å². The highest BCUT2D eigenvalue weighted by Crippen LogP contribution is 2.24. The number of aromatic nitrogens is 1. The van der Waals surface area contributed by atoms with Crippen molar-refractivity contribution in [3.05, 3.63) is 57.8 Å². The van der Waals surface area contributed by atoms with Crippen LogP contribution in [0.25, 0.3) is 0 Å². The number of hydrogen-bond donors (Lipinski definition) is 0. The molecule has 0 N–H and O–H groups in total. The maximum atomic E-state index is 12.5. The van der Waals surface area contributed by atoms with Crippen LogP contribution < -0.4 is 4.74 Å². The van der Waals surface area contributed by atoms with Gasteiger partial charge in [-0.15, -0.1) is 0 Å². The molecule has 1 saturated heterocycles. The first-order valence-corrected chi connectivity index (χ1v) is 8.78. The van der Waals surface area contributed by atoms with Crippen LogP contribution in [0, 0.1) is 0 Å². The number of rotatable bonds is 4. The summed E-state index contributed by atoms with van der Waals surface area (Å²) in [5, 5.41) is 1.02. The number of hydrogen-bond acceptors (Lipinski definition) is 4. The lowest BCUT2D eigenvalue weighted by Gasteiger charge is -2.35. The molecule has 1 aromatic heterocycles. The van der Waals surface area contributed by atoms with Crippen molar-refractivity contribution in [3.8, 4) is 5.75 Å². The van der Waals surface area contributed by atoms with E-state index in [4.69, 9.17) is 27.9 Å². The SMILES string of the molecule is COc1ccc(Cl)cc1CN1CCN(C(=O)c2ccnc(Cl)c2)CC1. The van der Waals surface area contributed by atoms with E-state index in [9.17, 15) is 4.79 Å². The summed E-state index contributed by atoms with van der Waals surface area (Å²) in [7, 11) is 1.66. The molecule has 2 heterocycles. The number of pyridine rings is 1. The Morgan fingerprint density at radius 2 is 1.92 bits per heavy atom. The molecule has 0 bridgehead atoms. The van der Waals surface area contributed by atoms with Crippen molar-refractivity contribution < 1.29 is 9.53 Å². The highest BCUT2D eigenvalue weighted by molar-refractivity contribution is 6.30. The van der Waals surface area contributed by atoms with E-state index in [1.54, 1.807) is 25.4 Å². The van der Waals surface area contributed by atoms with E-state index in [0.29, 0.717) is 28.8 Å². The summed E-state index contributed by atoms with van der Waals surface area (Å²) in [6.07, 6.45) is 1.55. The summed E-state index contributed by atoms with van der Waals surface area (Å²) in [5.41, 5.74) is 1.63. The minimum Gasteiger partial charge on any atom is -0.496 e. The van der Waals surface area contributed by atoms with Gasteiger partial charge in [0, 0.05) is 55.1 Å². The molecule has 0 atom stereocenters. The predicted molar refractivity (Wildman–Crippen MR) is 98.4 cm³/mol. The molecule has 0 radical (unpaired) electrons. The van der Waals surface area contributed by atoms with Gasteiger partial charge in [-0.25, -0.2) is 4.98 Å². The van der Waals surface area contributed by atoms with Gasteiger partial charge in [0.2, 0.25) is 0 Å². The third-order valence-corrected chi connectivity index (χ3v) is 4.71. The normalized spacial score (nSPS) is 15.2. The molecule has 132 valence electrons. The highest BCUT2D eigenvalue weighted by atomic mass is 35.5. The second kappa shape index (κ2) is 8.04. The van der Waals surface area contributed by atoms with E-state index in [0.717, 1.165) is 30.9 Å². The Balaban J connectivity index is 1.61. The number of nitrogens with zero attached hydrogens (tertiary/aromatic N) is 3. The van der Waals surface area contributed by atoms with Crippen molar-refractivity contribution in [1.29, 1.82) is 0 Å². The van der Waals surface area contributed by atoms with Gasteiger partial charge in [-0.1, -0.05) is 23.2 Å². The van der Waals surface area contributed by atoms with Crippen LogP contribution in [0.3, 0.4) is 0 Å². The standard InChI is InChI=1S/C18H19Cl2N3O2/c1-25-16-3-2-15(19)10-14(16)12-22-6-8-23(9-7-22)18(24)13-4-5-21-17(20)11-13/h2-5,10-11H,6-9,12H2,1H3. The summed E-state index contributed by atoms with van der Waals surface area (Å²) in [5.74, 6) is 0.818. The molecule has 0 saturated carbocycles. The minimum atomic E-state index is -0.00992. The largest absolute Gasteiger partial charge is 0.496 e. The lowest BCUT2D eigenvalue weighted by Crippen LogP contribution is -2.48. The summed E-state index contributed by atoms with van der Waals surface area (Å²) in [4.78, 5) is 20.6. The molecule has 0 aliphatic carbocycles. The quantitative estimate of drug-likeness (QED) is 0.764. The van der Waals surface area contributed by atoms with Crippen LogP contribution in [0.2, 0.25) is 10.2 Å². The van der Waals surface area contributed by atoms with Crippen LogP contribution in [-0.4, -0.2) is 54.0 Å². The Kier molecular flexibility index (Phi) is 5.78. The van der Waals surface area contributed by atoms with Crippen molar-refractivity contribution in [2.45, 2.75) is 6.54 Å². The van der Waals surface area contributed by atoms with Gasteiger partial charge in [0.1, 0.15) is 10.9 Å². The second-order valence-corrected chi connectivity index (χ2v) is 6.72. The van der Waals surface area contributed by atoms with Gasteiger partial charge in [-0.05, 0) is 30.3 Å². The topological polar surface area (TPSA) is 45.7 Å². The molecule has 7 heteroatoms. The van der Waals surface area contributed by atoms with Crippen molar-refractivity contribution in [2.75, 3.05) is 33.3 Å². The average Bonchev–Trinajstić information content (AvgIpc) is 2.62. The molecular weight excluding hydrogens is 361 g/mol. The molecule has 1 amide bonds. The highest BCUT2D eigenvalue weighted by Gasteiger charge is 2.23. The summed E-state index contributed by atoms with van der Waals surface area (Å²) < 4.78 is 5.40. The maximum Gasteiger partial charge on any atom is 0.254 e. The van der Waals surface area contributed by atoms with Gasteiger partial charge in [-0.2, -0.15) is 0 Å². The molecule has 0 spiro atoms. The predicted octanol–water partition coefficient (Wildman–Crippen LogP) is 3.36. The zero-order valence-corrected chi connectivity index (χ0v) is 15.4. The molecule has 2 aromatic rings. The first-order valence-electron chi connectivity index (χ1n) is 8.02. The Hall–Kier alpha value is -1.82. The van der Waals surface area contributed by atoms with Crippen LogP contribution in [0.1, 0.15) is 15.9 Å². The fourth-order valence-corrected chi connectivity index (χ4v) is 3.31. The molecular formula is C18H19Cl2N3O2. The molecule has 25 heavy (non-hydrogen) atoms. The number of benzene rings is 1. The van der Waals surface area contributed by atoms with Crippen molar-refractivity contribution >= 4 is 29.1 Å². The fourth-order valence-electron chi connectivity index (χ4n) is 2.94. The van der Waals surface area contributed by atoms with Crippen LogP contribution in [0.5, 0.6) is 5.75 Å². The Morgan fingerprint density at radius 3 is 2.60 bits per heavy atom. The van der Waals surface area contributed by atoms with Crippen molar-refractivity contribution in [3.63, 3.8) is 0 Å². The van der Waals surface area contributed by atoms with Gasteiger partial charge in [0.05, 0.1) is 7.11 Å². The summed E-state index contributed by atoms with van der Waals surface area (Å²) in [6, 6.07) is 8.92. The first kappa shape index (κ1) is 18.0. The minimum absolute atomic E-state index is 0.00992. The lowest BCUT2D eigenvalue weighted by atomic mass is 10.1. The average molecular weight is 380 g/mol. The van der Waals surface area contributed by atoms with E-state index in [1.165, 1.54) is 0 Å². The van der Waals surface area contributed by atoms with Gasteiger partial charge in [0.15, 0.2) is 0 Å². The Morgan fingerprint density at radius 1 is 1.16 bits per heavy atom. The Bertz CT molecular complexity index is 762. The van der Waals surface area contributed by atoms with Crippen molar-refractivity contribution in [2.24, 2.45) is 0 Å². The van der Waals surface area contributed by atoms with Crippen molar-refractivity contribution in [1.82, 2.24) is 14.8 Å². The number of halogens is 2. The zero-order valence-electron chi connectivity index (χ0n) is 13.9. The van der Waals surface area contributed by atoms with Crippen LogP contribution >= 0.6 is 23.2 Å². The van der Waals surface area contributed by atoms with Gasteiger partial charge in [-0.3, -0.25) is 9.69 Å². The monoisotopic (exact) mass is 379 g/mol. The van der Waals surface area contributed by atoms with E-state index >= 15 is 0 Å². The van der Waals surface area contributed by atoms with Gasteiger partial charge >= 0.3 is 0 Å². The number of amides is 1. The molecule has 1 fully saturated rings. The number of carbonyl (C=O) groups excluding carboxylic acids is 1. The molecule has 3 rings (SSSR count). The lowest BCUT2D eigenvalue weighted by molar-refractivity contribution is 0.0627. The summed E-state index contributed by atoms with van der Waals surface area (Å²) >= 11 is 12.0. The fraction of sp³-hybridized carbons (Fsp3) is 0.333. The molecule has 1 aliphatic rings. The molecule has 1 aromatic carbocycles. The number of piperazine rings is 1. The van der Waals surface area contributed by atoms with Crippen LogP contribution in [0.15, 0.2) is 36.5 Å². The van der Waals surface area contributed by atoms with E-state index in [-0.39, 0.29) is 5.91 Å². The van der Waals surface area contributed by atoms with E-state index in [1.807, 2.05) is 23.1 Å². The molecule has 0 unspecified atom stereocenters. The Labute approximate surface area is 157 Å². The van der Waals surface area contributed by atoms with Gasteiger partial charge in [0.25, 0.3) is 5.91 Å². The molecule has 1 aliphatic heterocycles. The van der Waals surface area contributed by atoms with Gasteiger partial charge < -0.3 is 9.64 Å². The zero-order chi connectivity index (χ0) is 17.8. The third kappa shape index (κ3) is 4.42. The number of methoxy groups -OCH3 is 1. The number of carbonyl (C=O) groups is 1. The third-order valence-electron chi connectivity index (χ3n) is 4.27. The smallest absolute Gasteiger partial charge is 0.254 e.